The normalized spacial score (nSPS) is 21.9. The van der Waals surface area contributed by atoms with E-state index in [1.165, 1.54) is 9.88 Å². The summed E-state index contributed by atoms with van der Waals surface area (Å²) in [6, 6.07) is 9.67. The van der Waals surface area contributed by atoms with E-state index in [1.54, 1.807) is 11.4 Å². The second-order valence-corrected chi connectivity index (χ2v) is 8.84. The van der Waals surface area contributed by atoms with Crippen molar-refractivity contribution in [3.05, 3.63) is 47.5 Å². The molecule has 0 amide bonds. The van der Waals surface area contributed by atoms with Gasteiger partial charge in [0.2, 0.25) is 0 Å². The van der Waals surface area contributed by atoms with Crippen molar-refractivity contribution >= 4 is 10.2 Å². The first-order valence-corrected chi connectivity index (χ1v) is 9.89. The molecule has 24 heavy (non-hydrogen) atoms. The van der Waals surface area contributed by atoms with Gasteiger partial charge in [0.15, 0.2) is 0 Å². The van der Waals surface area contributed by atoms with E-state index < -0.39 is 10.2 Å². The van der Waals surface area contributed by atoms with E-state index in [9.17, 15) is 8.42 Å². The summed E-state index contributed by atoms with van der Waals surface area (Å²) < 4.78 is 34.6. The summed E-state index contributed by atoms with van der Waals surface area (Å²) >= 11 is 0. The lowest BCUT2D eigenvalue weighted by molar-refractivity contribution is -0.0466. The smallest absolute Gasteiger partial charge is 0.282 e. The molecule has 1 aromatic carbocycles. The monoisotopic (exact) mass is 350 g/mol. The topological polar surface area (TPSA) is 49.9 Å². The molecule has 2 heterocycles. The predicted octanol–water partition coefficient (Wildman–Crippen LogP) is 2.56. The summed E-state index contributed by atoms with van der Waals surface area (Å²) in [5.74, 6) is 0. The highest BCUT2D eigenvalue weighted by Crippen LogP contribution is 2.34. The summed E-state index contributed by atoms with van der Waals surface area (Å²) in [5.41, 5.74) is 2.08. The molecule has 2 aliphatic heterocycles. The Morgan fingerprint density at radius 1 is 1.21 bits per heavy atom. The molecule has 0 saturated carbocycles. The first-order chi connectivity index (χ1) is 11.4. The van der Waals surface area contributed by atoms with E-state index in [0.29, 0.717) is 19.6 Å². The number of piperidine rings is 1. The van der Waals surface area contributed by atoms with Gasteiger partial charge in [0.25, 0.3) is 10.2 Å². The number of benzene rings is 1. The van der Waals surface area contributed by atoms with Crippen LogP contribution in [0.4, 0.5) is 0 Å². The minimum absolute atomic E-state index is 0.258. The summed E-state index contributed by atoms with van der Waals surface area (Å²) in [6.45, 7) is 4.26. The molecule has 6 heteroatoms. The van der Waals surface area contributed by atoms with Crippen molar-refractivity contribution in [1.29, 1.82) is 0 Å². The Morgan fingerprint density at radius 3 is 2.50 bits per heavy atom. The van der Waals surface area contributed by atoms with Gasteiger partial charge in [-0.1, -0.05) is 42.0 Å². The molecule has 0 atom stereocenters. The third kappa shape index (κ3) is 3.72. The van der Waals surface area contributed by atoms with Crippen LogP contribution >= 0.6 is 0 Å². The molecular formula is C18H26N2O3S. The maximum absolute atomic E-state index is 12.8. The lowest BCUT2D eigenvalue weighted by Crippen LogP contribution is -2.51. The molecule has 1 aromatic rings. The fraction of sp³-hybridized carbons (Fsp3) is 0.556. The highest BCUT2D eigenvalue weighted by Gasteiger charge is 2.39. The van der Waals surface area contributed by atoms with Gasteiger partial charge in [-0.15, -0.1) is 0 Å². The maximum Gasteiger partial charge on any atom is 0.282 e. The van der Waals surface area contributed by atoms with E-state index in [2.05, 4.69) is 13.0 Å². The molecule has 0 aromatic heterocycles. The van der Waals surface area contributed by atoms with Crippen LogP contribution in [0.25, 0.3) is 0 Å². The van der Waals surface area contributed by atoms with Crippen molar-refractivity contribution in [3.63, 3.8) is 0 Å². The zero-order chi connectivity index (χ0) is 17.2. The van der Waals surface area contributed by atoms with Crippen LogP contribution in [0.15, 0.2) is 42.0 Å². The Labute approximate surface area is 145 Å². The molecule has 1 fully saturated rings. The molecule has 1 saturated heterocycles. The number of rotatable bonds is 4. The Bertz CT molecular complexity index is 692. The van der Waals surface area contributed by atoms with Crippen LogP contribution in [0.2, 0.25) is 0 Å². The molecule has 2 aliphatic rings. The summed E-state index contributed by atoms with van der Waals surface area (Å²) in [4.78, 5) is 0. The number of nitrogens with zero attached hydrogens (tertiary/aromatic N) is 2. The highest BCUT2D eigenvalue weighted by atomic mass is 32.2. The maximum atomic E-state index is 12.8. The third-order valence-electron chi connectivity index (χ3n) is 4.93. The fourth-order valence-electron chi connectivity index (χ4n) is 3.48. The summed E-state index contributed by atoms with van der Waals surface area (Å²) in [6.07, 6.45) is 4.63. The van der Waals surface area contributed by atoms with E-state index in [-0.39, 0.29) is 5.60 Å². The van der Waals surface area contributed by atoms with E-state index in [4.69, 9.17) is 4.74 Å². The average Bonchev–Trinajstić information content (AvgIpc) is 2.56. The highest BCUT2D eigenvalue weighted by molar-refractivity contribution is 7.86. The second kappa shape index (κ2) is 6.96. The number of ether oxygens (including phenoxy) is 1. The molecule has 0 bridgehead atoms. The van der Waals surface area contributed by atoms with Crippen molar-refractivity contribution < 1.29 is 13.2 Å². The van der Waals surface area contributed by atoms with Crippen LogP contribution in [0.1, 0.15) is 31.7 Å². The van der Waals surface area contributed by atoms with Crippen molar-refractivity contribution in [2.75, 3.05) is 26.7 Å². The van der Waals surface area contributed by atoms with Crippen LogP contribution in [0.5, 0.6) is 0 Å². The molecule has 132 valence electrons. The van der Waals surface area contributed by atoms with Gasteiger partial charge in [-0.05, 0) is 31.7 Å². The molecule has 0 N–H and O–H groups in total. The van der Waals surface area contributed by atoms with E-state index in [0.717, 1.165) is 31.4 Å². The van der Waals surface area contributed by atoms with E-state index in [1.807, 2.05) is 30.3 Å². The predicted molar refractivity (Wildman–Crippen MR) is 94.7 cm³/mol. The van der Waals surface area contributed by atoms with Crippen LogP contribution in [-0.2, 0) is 21.5 Å². The first-order valence-electron chi connectivity index (χ1n) is 8.49. The largest absolute Gasteiger partial charge is 0.370 e. The van der Waals surface area contributed by atoms with Gasteiger partial charge in [-0.2, -0.15) is 17.0 Å². The molecule has 3 rings (SSSR count). The standard InChI is InChI=1S/C18H26N2O3S/c1-16-8-13-23-18(14-16)9-11-20(12-10-18)24(21,22)19(2)15-17-6-4-3-5-7-17/h3-7,14H,8-13,15H2,1-2H3. The lowest BCUT2D eigenvalue weighted by Gasteiger charge is -2.42. The number of hydrogen-bond donors (Lipinski definition) is 0. The minimum Gasteiger partial charge on any atom is -0.370 e. The van der Waals surface area contributed by atoms with Crippen LogP contribution in [-0.4, -0.2) is 49.4 Å². The zero-order valence-corrected chi connectivity index (χ0v) is 15.3. The Balaban J connectivity index is 1.65. The van der Waals surface area contributed by atoms with E-state index >= 15 is 0 Å². The second-order valence-electron chi connectivity index (χ2n) is 6.80. The lowest BCUT2D eigenvalue weighted by atomic mass is 9.88. The van der Waals surface area contributed by atoms with Gasteiger partial charge in [0, 0.05) is 26.7 Å². The molecular weight excluding hydrogens is 324 g/mol. The van der Waals surface area contributed by atoms with Crippen LogP contribution in [0.3, 0.4) is 0 Å². The molecule has 0 aliphatic carbocycles. The van der Waals surface area contributed by atoms with Crippen molar-refractivity contribution in [2.24, 2.45) is 0 Å². The molecule has 5 nitrogen and oxygen atoms in total. The first kappa shape index (κ1) is 17.6. The zero-order valence-electron chi connectivity index (χ0n) is 14.4. The molecule has 0 unspecified atom stereocenters. The van der Waals surface area contributed by atoms with Crippen LogP contribution in [0, 0.1) is 0 Å². The number of hydrogen-bond acceptors (Lipinski definition) is 3. The quantitative estimate of drug-likeness (QED) is 0.784. The Kier molecular flexibility index (Phi) is 5.11. The van der Waals surface area contributed by atoms with Gasteiger partial charge in [0.1, 0.15) is 0 Å². The molecule has 1 spiro atoms. The minimum atomic E-state index is -3.44. The van der Waals surface area contributed by atoms with Crippen LogP contribution < -0.4 is 0 Å². The van der Waals surface area contributed by atoms with Gasteiger partial charge in [0.05, 0.1) is 12.2 Å². The summed E-state index contributed by atoms with van der Waals surface area (Å²) in [7, 11) is -1.79. The average molecular weight is 350 g/mol. The van der Waals surface area contributed by atoms with Crippen molar-refractivity contribution in [1.82, 2.24) is 8.61 Å². The van der Waals surface area contributed by atoms with Crippen molar-refractivity contribution in [2.45, 2.75) is 38.3 Å². The Hall–Kier alpha value is -1.21. The third-order valence-corrected chi connectivity index (χ3v) is 6.87. The Morgan fingerprint density at radius 2 is 1.88 bits per heavy atom. The van der Waals surface area contributed by atoms with Gasteiger partial charge in [-0.3, -0.25) is 0 Å². The van der Waals surface area contributed by atoms with Gasteiger partial charge < -0.3 is 4.74 Å². The SMILES string of the molecule is CC1=CC2(CCN(S(=O)(=O)N(C)Cc3ccccc3)CC2)OCC1. The summed E-state index contributed by atoms with van der Waals surface area (Å²) in [5, 5.41) is 0. The van der Waals surface area contributed by atoms with Crippen molar-refractivity contribution in [3.8, 4) is 0 Å². The van der Waals surface area contributed by atoms with Gasteiger partial charge in [-0.25, -0.2) is 0 Å². The molecule has 0 radical (unpaired) electrons. The van der Waals surface area contributed by atoms with Gasteiger partial charge >= 0.3 is 0 Å². The fourth-order valence-corrected chi connectivity index (χ4v) is 4.83.